The van der Waals surface area contributed by atoms with Gasteiger partial charge in [-0.3, -0.25) is 4.79 Å². The Morgan fingerprint density at radius 2 is 2.35 bits per heavy atom. The topological polar surface area (TPSA) is 57.8 Å². The predicted molar refractivity (Wildman–Crippen MR) is 73.8 cm³/mol. The van der Waals surface area contributed by atoms with E-state index in [1.165, 1.54) is 0 Å². The zero-order valence-electron chi connectivity index (χ0n) is 9.11. The number of benzene rings is 1. The Morgan fingerprint density at radius 1 is 1.47 bits per heavy atom. The number of rotatable bonds is 4. The highest BCUT2D eigenvalue weighted by atomic mass is 127. The van der Waals surface area contributed by atoms with Crippen molar-refractivity contribution in [3.05, 3.63) is 51.6 Å². The van der Waals surface area contributed by atoms with Gasteiger partial charge in [0, 0.05) is 34.0 Å². The van der Waals surface area contributed by atoms with Crippen LogP contribution in [0.5, 0.6) is 0 Å². The molecule has 0 atom stereocenters. The monoisotopic (exact) mass is 341 g/mol. The number of nitrogens with one attached hydrogen (secondary N) is 2. The number of amides is 1. The molecule has 0 unspecified atom stereocenters. The second-order valence-corrected chi connectivity index (χ2v) is 4.84. The van der Waals surface area contributed by atoms with Crippen molar-refractivity contribution >= 4 is 28.5 Å². The van der Waals surface area contributed by atoms with Crippen molar-refractivity contribution in [2.45, 2.75) is 6.42 Å². The Balaban J connectivity index is 1.85. The molecular formula is C12H12IN3O. The molecule has 4 nitrogen and oxygen atoms in total. The van der Waals surface area contributed by atoms with E-state index in [1.807, 2.05) is 24.3 Å². The fraction of sp³-hybridized carbons (Fsp3) is 0.167. The van der Waals surface area contributed by atoms with Gasteiger partial charge in [0.15, 0.2) is 0 Å². The van der Waals surface area contributed by atoms with Crippen LogP contribution in [0.1, 0.15) is 16.1 Å². The molecule has 0 aliphatic rings. The van der Waals surface area contributed by atoms with Crippen LogP contribution in [0, 0.1) is 3.57 Å². The number of H-pyrrole nitrogens is 1. The fourth-order valence-electron chi connectivity index (χ4n) is 1.46. The summed E-state index contributed by atoms with van der Waals surface area (Å²) < 4.78 is 1.06. The van der Waals surface area contributed by atoms with Gasteiger partial charge in [0.1, 0.15) is 0 Å². The van der Waals surface area contributed by atoms with Gasteiger partial charge in [-0.25, -0.2) is 4.98 Å². The molecule has 0 fully saturated rings. The Hall–Kier alpha value is -1.37. The van der Waals surface area contributed by atoms with E-state index in [0.717, 1.165) is 15.7 Å². The second kappa shape index (κ2) is 5.81. The average molecular weight is 341 g/mol. The van der Waals surface area contributed by atoms with Crippen LogP contribution in [-0.2, 0) is 6.42 Å². The van der Waals surface area contributed by atoms with Crippen molar-refractivity contribution in [3.8, 4) is 0 Å². The van der Waals surface area contributed by atoms with Gasteiger partial charge < -0.3 is 10.3 Å². The zero-order chi connectivity index (χ0) is 12.1. The van der Waals surface area contributed by atoms with Crippen LogP contribution < -0.4 is 5.32 Å². The van der Waals surface area contributed by atoms with Gasteiger partial charge in [0.05, 0.1) is 6.33 Å². The van der Waals surface area contributed by atoms with E-state index in [4.69, 9.17) is 0 Å². The molecule has 88 valence electrons. The third-order valence-electron chi connectivity index (χ3n) is 2.32. The van der Waals surface area contributed by atoms with Gasteiger partial charge in [0.25, 0.3) is 5.91 Å². The lowest BCUT2D eigenvalue weighted by molar-refractivity contribution is 0.0954. The minimum Gasteiger partial charge on any atom is -0.352 e. The quantitative estimate of drug-likeness (QED) is 0.836. The van der Waals surface area contributed by atoms with Crippen LogP contribution in [0.25, 0.3) is 0 Å². The molecule has 0 spiro atoms. The van der Waals surface area contributed by atoms with Crippen molar-refractivity contribution in [1.82, 2.24) is 15.3 Å². The first-order valence-electron chi connectivity index (χ1n) is 5.27. The van der Waals surface area contributed by atoms with Gasteiger partial charge in [-0.2, -0.15) is 0 Å². The number of aromatic amines is 1. The summed E-state index contributed by atoms with van der Waals surface area (Å²) in [5.41, 5.74) is 1.72. The molecule has 1 heterocycles. The molecule has 0 saturated heterocycles. The highest BCUT2D eigenvalue weighted by Gasteiger charge is 2.04. The van der Waals surface area contributed by atoms with E-state index < -0.39 is 0 Å². The normalized spacial score (nSPS) is 10.2. The Kier molecular flexibility index (Phi) is 4.13. The number of hydrogen-bond donors (Lipinski definition) is 2. The number of hydrogen-bond acceptors (Lipinski definition) is 2. The molecule has 2 aromatic rings. The maximum absolute atomic E-state index is 11.8. The molecule has 5 heteroatoms. The highest BCUT2D eigenvalue weighted by Crippen LogP contribution is 2.07. The lowest BCUT2D eigenvalue weighted by Crippen LogP contribution is -2.25. The van der Waals surface area contributed by atoms with Crippen molar-refractivity contribution in [3.63, 3.8) is 0 Å². The van der Waals surface area contributed by atoms with Crippen molar-refractivity contribution in [2.75, 3.05) is 6.54 Å². The first-order chi connectivity index (χ1) is 8.25. The van der Waals surface area contributed by atoms with Crippen LogP contribution in [-0.4, -0.2) is 22.4 Å². The van der Waals surface area contributed by atoms with Crippen LogP contribution >= 0.6 is 22.6 Å². The number of carbonyl (C=O) groups excluding carboxylic acids is 1. The molecule has 2 rings (SSSR count). The second-order valence-electron chi connectivity index (χ2n) is 3.59. The van der Waals surface area contributed by atoms with Crippen LogP contribution in [0.15, 0.2) is 36.8 Å². The molecule has 1 aromatic heterocycles. The fourth-order valence-corrected chi connectivity index (χ4v) is 2.01. The SMILES string of the molecule is O=C(NCCc1cnc[nH]1)c1cccc(I)c1. The molecule has 0 radical (unpaired) electrons. The third-order valence-corrected chi connectivity index (χ3v) is 2.99. The molecule has 2 N–H and O–H groups in total. The van der Waals surface area contributed by atoms with E-state index in [0.29, 0.717) is 12.1 Å². The number of halogens is 1. The summed E-state index contributed by atoms with van der Waals surface area (Å²) in [5, 5.41) is 2.87. The van der Waals surface area contributed by atoms with Gasteiger partial charge in [-0.15, -0.1) is 0 Å². The van der Waals surface area contributed by atoms with E-state index in [1.54, 1.807) is 12.5 Å². The minimum atomic E-state index is -0.0389. The molecule has 1 amide bonds. The number of imidazole rings is 1. The number of carbonyl (C=O) groups is 1. The summed E-state index contributed by atoms with van der Waals surface area (Å²) in [5.74, 6) is -0.0389. The summed E-state index contributed by atoms with van der Waals surface area (Å²) in [6.45, 7) is 0.604. The number of nitrogens with zero attached hydrogens (tertiary/aromatic N) is 1. The summed E-state index contributed by atoms with van der Waals surface area (Å²) in [6, 6.07) is 7.52. The molecule has 1 aromatic carbocycles. The highest BCUT2D eigenvalue weighted by molar-refractivity contribution is 14.1. The Morgan fingerprint density at radius 3 is 3.06 bits per heavy atom. The summed E-state index contributed by atoms with van der Waals surface area (Å²) >= 11 is 2.19. The van der Waals surface area contributed by atoms with E-state index in [-0.39, 0.29) is 5.91 Å². The molecule has 0 aliphatic carbocycles. The lowest BCUT2D eigenvalue weighted by Gasteiger charge is -2.04. The van der Waals surface area contributed by atoms with Crippen LogP contribution in [0.4, 0.5) is 0 Å². The van der Waals surface area contributed by atoms with E-state index >= 15 is 0 Å². The summed E-state index contributed by atoms with van der Waals surface area (Å²) in [7, 11) is 0. The van der Waals surface area contributed by atoms with E-state index in [9.17, 15) is 4.79 Å². The predicted octanol–water partition coefficient (Wildman–Crippen LogP) is 1.99. The standard InChI is InChI=1S/C12H12IN3O/c13-10-3-1-2-9(6-10)12(17)15-5-4-11-7-14-8-16-11/h1-3,6-8H,4-5H2,(H,14,16)(H,15,17). The third kappa shape index (κ3) is 3.55. The minimum absolute atomic E-state index is 0.0389. The van der Waals surface area contributed by atoms with E-state index in [2.05, 4.69) is 37.9 Å². The maximum atomic E-state index is 11.8. The molecule has 0 aliphatic heterocycles. The first kappa shape index (κ1) is 12.1. The smallest absolute Gasteiger partial charge is 0.251 e. The summed E-state index contributed by atoms with van der Waals surface area (Å²) in [4.78, 5) is 18.7. The zero-order valence-corrected chi connectivity index (χ0v) is 11.3. The molecular weight excluding hydrogens is 329 g/mol. The molecule has 17 heavy (non-hydrogen) atoms. The van der Waals surface area contributed by atoms with Crippen LogP contribution in [0.3, 0.4) is 0 Å². The maximum Gasteiger partial charge on any atom is 0.251 e. The van der Waals surface area contributed by atoms with Gasteiger partial charge in [-0.05, 0) is 40.8 Å². The van der Waals surface area contributed by atoms with Crippen molar-refractivity contribution in [1.29, 1.82) is 0 Å². The van der Waals surface area contributed by atoms with Crippen molar-refractivity contribution in [2.24, 2.45) is 0 Å². The molecule has 0 bridgehead atoms. The average Bonchev–Trinajstić information content (AvgIpc) is 2.82. The number of aromatic nitrogens is 2. The van der Waals surface area contributed by atoms with Gasteiger partial charge in [0.2, 0.25) is 0 Å². The Labute approximate surface area is 113 Å². The largest absolute Gasteiger partial charge is 0.352 e. The van der Waals surface area contributed by atoms with Crippen molar-refractivity contribution < 1.29 is 4.79 Å². The van der Waals surface area contributed by atoms with Crippen LogP contribution in [0.2, 0.25) is 0 Å². The first-order valence-corrected chi connectivity index (χ1v) is 6.34. The van der Waals surface area contributed by atoms with Gasteiger partial charge in [-0.1, -0.05) is 6.07 Å². The van der Waals surface area contributed by atoms with Gasteiger partial charge >= 0.3 is 0 Å². The Bertz CT molecular complexity index is 496. The molecule has 0 saturated carbocycles. The summed E-state index contributed by atoms with van der Waals surface area (Å²) in [6.07, 6.45) is 4.16. The lowest BCUT2D eigenvalue weighted by atomic mass is 10.2.